The third-order valence-corrected chi connectivity index (χ3v) is 6.60. The third-order valence-electron chi connectivity index (χ3n) is 4.47. The molecule has 0 radical (unpaired) electrons. The van der Waals surface area contributed by atoms with E-state index >= 15 is 0 Å². The molecule has 0 saturated carbocycles. The molecule has 1 N–H and O–H groups in total. The smallest absolute Gasteiger partial charge is 0.259 e. The number of hydrogen-bond donors (Lipinski definition) is 1. The molecule has 3 aromatic carbocycles. The predicted octanol–water partition coefficient (Wildman–Crippen LogP) is 7.06. The van der Waals surface area contributed by atoms with E-state index < -0.39 is 0 Å². The van der Waals surface area contributed by atoms with Crippen molar-refractivity contribution < 1.29 is 9.53 Å². The van der Waals surface area contributed by atoms with Gasteiger partial charge in [-0.1, -0.05) is 28.1 Å². The molecule has 0 bridgehead atoms. The lowest BCUT2D eigenvalue weighted by Gasteiger charge is -2.13. The van der Waals surface area contributed by atoms with E-state index in [-0.39, 0.29) is 5.91 Å². The van der Waals surface area contributed by atoms with Gasteiger partial charge < -0.3 is 10.1 Å². The Balaban J connectivity index is 1.63. The van der Waals surface area contributed by atoms with E-state index in [2.05, 4.69) is 43.2 Å². The van der Waals surface area contributed by atoms with Gasteiger partial charge in [-0.3, -0.25) is 4.79 Å². The summed E-state index contributed by atoms with van der Waals surface area (Å²) in [6.45, 7) is 1.97. The lowest BCUT2D eigenvalue weighted by Crippen LogP contribution is -2.14. The van der Waals surface area contributed by atoms with Crippen LogP contribution in [0.3, 0.4) is 0 Å². The van der Waals surface area contributed by atoms with Crippen LogP contribution in [-0.4, -0.2) is 18.0 Å². The number of halogens is 2. The summed E-state index contributed by atoms with van der Waals surface area (Å²) < 4.78 is 8.05. The van der Waals surface area contributed by atoms with Crippen molar-refractivity contribution in [2.75, 3.05) is 12.4 Å². The predicted molar refractivity (Wildman–Crippen MR) is 126 cm³/mol. The Kier molecular flexibility index (Phi) is 5.72. The number of hydrogen-bond acceptors (Lipinski definition) is 4. The van der Waals surface area contributed by atoms with Gasteiger partial charge >= 0.3 is 0 Å². The summed E-state index contributed by atoms with van der Waals surface area (Å²) in [4.78, 5) is 17.6. The minimum atomic E-state index is -0.236. The average Bonchev–Trinajstić information content (AvgIpc) is 3.13. The number of nitrogens with one attached hydrogen (secondary N) is 1. The number of thiazole rings is 1. The number of benzene rings is 3. The van der Waals surface area contributed by atoms with E-state index in [0.717, 1.165) is 36.5 Å². The van der Waals surface area contributed by atoms with Gasteiger partial charge in [0.1, 0.15) is 10.8 Å². The second-order valence-corrected chi connectivity index (χ2v) is 9.24. The number of carbonyl (C=O) groups excluding carboxylic acids is 1. The normalized spacial score (nSPS) is 10.9. The quantitative estimate of drug-likeness (QED) is 0.306. The van der Waals surface area contributed by atoms with Crippen LogP contribution in [0.2, 0.25) is 0 Å². The zero-order chi connectivity index (χ0) is 20.5. The molecule has 146 valence electrons. The van der Waals surface area contributed by atoms with E-state index in [1.807, 2.05) is 49.4 Å². The molecule has 0 unspecified atom stereocenters. The Labute approximate surface area is 189 Å². The lowest BCUT2D eigenvalue weighted by molar-refractivity contribution is 0.102. The van der Waals surface area contributed by atoms with Gasteiger partial charge in [-0.2, -0.15) is 0 Å². The van der Waals surface area contributed by atoms with Gasteiger partial charge in [-0.15, -0.1) is 11.3 Å². The second-order valence-electron chi connectivity index (χ2n) is 6.44. The highest BCUT2D eigenvalue weighted by atomic mass is 79.9. The van der Waals surface area contributed by atoms with Crippen LogP contribution in [-0.2, 0) is 0 Å². The van der Waals surface area contributed by atoms with Crippen LogP contribution in [0.5, 0.6) is 5.75 Å². The number of para-hydroxylation sites is 1. The number of methoxy groups -OCH3 is 1. The molecular weight excluding hydrogens is 516 g/mol. The fraction of sp³-hybridized carbons (Fsp3) is 0.0909. The fourth-order valence-electron chi connectivity index (χ4n) is 3.06. The van der Waals surface area contributed by atoms with Gasteiger partial charge in [-0.05, 0) is 70.9 Å². The molecule has 0 fully saturated rings. The van der Waals surface area contributed by atoms with Crippen LogP contribution in [0.4, 0.5) is 5.69 Å². The zero-order valence-electron chi connectivity index (χ0n) is 15.6. The first-order chi connectivity index (χ1) is 14.0. The summed E-state index contributed by atoms with van der Waals surface area (Å²) in [6, 6.07) is 17.6. The molecule has 1 aromatic heterocycles. The van der Waals surface area contributed by atoms with E-state index in [4.69, 9.17) is 9.72 Å². The number of aromatic nitrogens is 1. The number of carbonyl (C=O) groups is 1. The first-order valence-corrected chi connectivity index (χ1v) is 11.2. The topological polar surface area (TPSA) is 51.2 Å². The standard InChI is InChI=1S/C22H16Br2N2O2S/c1-12-9-13(22-26-18-5-3-4-6-19(18)29-22)7-8-17(12)25-21(27)15-10-14(23)11-16(24)20(15)28-2/h3-11H,1-2H3,(H,25,27). The van der Waals surface area contributed by atoms with E-state index in [0.29, 0.717) is 15.8 Å². The van der Waals surface area contributed by atoms with Crippen molar-refractivity contribution >= 4 is 65.0 Å². The van der Waals surface area contributed by atoms with Crippen LogP contribution >= 0.6 is 43.2 Å². The molecule has 0 aliphatic heterocycles. The number of ether oxygens (including phenoxy) is 1. The molecule has 4 aromatic rings. The highest BCUT2D eigenvalue weighted by molar-refractivity contribution is 9.11. The molecule has 1 heterocycles. The fourth-order valence-corrected chi connectivity index (χ4v) is 5.41. The minimum Gasteiger partial charge on any atom is -0.495 e. The largest absolute Gasteiger partial charge is 0.495 e. The summed E-state index contributed by atoms with van der Waals surface area (Å²) in [5.41, 5.74) is 4.18. The summed E-state index contributed by atoms with van der Waals surface area (Å²) in [7, 11) is 1.54. The molecule has 0 aliphatic carbocycles. The molecule has 0 saturated heterocycles. The summed E-state index contributed by atoms with van der Waals surface area (Å²) in [5, 5.41) is 3.95. The second kappa shape index (κ2) is 8.26. The van der Waals surface area contributed by atoms with Crippen LogP contribution < -0.4 is 10.1 Å². The molecule has 4 rings (SSSR count). The SMILES string of the molecule is COc1c(Br)cc(Br)cc1C(=O)Nc1ccc(-c2nc3ccccc3s2)cc1C. The van der Waals surface area contributed by atoms with Gasteiger partial charge in [0, 0.05) is 15.7 Å². The molecule has 4 nitrogen and oxygen atoms in total. The molecule has 29 heavy (non-hydrogen) atoms. The van der Waals surface area contributed by atoms with Crippen molar-refractivity contribution in [1.29, 1.82) is 0 Å². The van der Waals surface area contributed by atoms with E-state index in [1.165, 1.54) is 0 Å². The molecule has 7 heteroatoms. The maximum atomic E-state index is 12.9. The summed E-state index contributed by atoms with van der Waals surface area (Å²) in [5.74, 6) is 0.258. The minimum absolute atomic E-state index is 0.236. The highest BCUT2D eigenvalue weighted by Gasteiger charge is 2.17. The highest BCUT2D eigenvalue weighted by Crippen LogP contribution is 2.34. The van der Waals surface area contributed by atoms with Crippen LogP contribution in [0, 0.1) is 6.92 Å². The molecular formula is C22H16Br2N2O2S. The van der Waals surface area contributed by atoms with Crippen molar-refractivity contribution in [3.63, 3.8) is 0 Å². The lowest BCUT2D eigenvalue weighted by atomic mass is 10.1. The zero-order valence-corrected chi connectivity index (χ0v) is 19.6. The van der Waals surface area contributed by atoms with E-state index in [1.54, 1.807) is 24.5 Å². The number of fused-ring (bicyclic) bond motifs is 1. The molecule has 1 amide bonds. The molecule has 0 atom stereocenters. The van der Waals surface area contributed by atoms with Crippen LogP contribution in [0.15, 0.2) is 63.5 Å². The Morgan fingerprint density at radius 2 is 1.90 bits per heavy atom. The van der Waals surface area contributed by atoms with Gasteiger partial charge in [0.25, 0.3) is 5.91 Å². The van der Waals surface area contributed by atoms with Crippen molar-refractivity contribution in [2.24, 2.45) is 0 Å². The number of rotatable bonds is 4. The molecule has 0 aliphatic rings. The van der Waals surface area contributed by atoms with Crippen LogP contribution in [0.25, 0.3) is 20.8 Å². The Bertz CT molecular complexity index is 1200. The Morgan fingerprint density at radius 3 is 2.62 bits per heavy atom. The summed E-state index contributed by atoms with van der Waals surface area (Å²) in [6.07, 6.45) is 0. The Hall–Kier alpha value is -2.22. The van der Waals surface area contributed by atoms with Crippen LogP contribution in [0.1, 0.15) is 15.9 Å². The number of aryl methyl sites for hydroxylation is 1. The van der Waals surface area contributed by atoms with Gasteiger partial charge in [0.15, 0.2) is 0 Å². The number of amides is 1. The first kappa shape index (κ1) is 20.1. The maximum Gasteiger partial charge on any atom is 0.259 e. The number of anilines is 1. The molecule has 0 spiro atoms. The van der Waals surface area contributed by atoms with Gasteiger partial charge in [0.05, 0.1) is 27.4 Å². The third kappa shape index (κ3) is 4.08. The number of nitrogens with zero attached hydrogens (tertiary/aromatic N) is 1. The van der Waals surface area contributed by atoms with E-state index in [9.17, 15) is 4.79 Å². The van der Waals surface area contributed by atoms with Gasteiger partial charge in [-0.25, -0.2) is 4.98 Å². The average molecular weight is 532 g/mol. The Morgan fingerprint density at radius 1 is 1.10 bits per heavy atom. The first-order valence-electron chi connectivity index (χ1n) is 8.77. The maximum absolute atomic E-state index is 12.9. The monoisotopic (exact) mass is 530 g/mol. The summed E-state index contributed by atoms with van der Waals surface area (Å²) >= 11 is 8.52. The van der Waals surface area contributed by atoms with Crippen molar-refractivity contribution in [3.05, 3.63) is 74.7 Å². The van der Waals surface area contributed by atoms with Crippen molar-refractivity contribution in [1.82, 2.24) is 4.98 Å². The van der Waals surface area contributed by atoms with Crippen molar-refractivity contribution in [2.45, 2.75) is 6.92 Å². The van der Waals surface area contributed by atoms with Gasteiger partial charge in [0.2, 0.25) is 0 Å². The van der Waals surface area contributed by atoms with Crippen molar-refractivity contribution in [3.8, 4) is 16.3 Å².